The van der Waals surface area contributed by atoms with E-state index in [1.807, 2.05) is 44.2 Å². The molecule has 0 saturated heterocycles. The topological polar surface area (TPSA) is 54.6 Å². The fraction of sp³-hybridized carbons (Fsp3) is 0.200. The number of thiazole rings is 1. The van der Waals surface area contributed by atoms with Crippen LogP contribution in [-0.2, 0) is 0 Å². The summed E-state index contributed by atoms with van der Waals surface area (Å²) < 4.78 is 1.40. The summed E-state index contributed by atoms with van der Waals surface area (Å²) in [5.74, 6) is 0.0280. The van der Waals surface area contributed by atoms with Crippen LogP contribution in [0.1, 0.15) is 30.3 Å². The van der Waals surface area contributed by atoms with Gasteiger partial charge in [0.15, 0.2) is 0 Å². The molecule has 0 aliphatic carbocycles. The van der Waals surface area contributed by atoms with Gasteiger partial charge < -0.3 is 5.11 Å². The Morgan fingerprint density at radius 3 is 2.80 bits per heavy atom. The summed E-state index contributed by atoms with van der Waals surface area (Å²) in [6.07, 6.45) is 3.57. The van der Waals surface area contributed by atoms with E-state index in [0.29, 0.717) is 4.88 Å². The highest BCUT2D eigenvalue weighted by Crippen LogP contribution is 2.34. The second-order valence-electron chi connectivity index (χ2n) is 4.89. The fourth-order valence-corrected chi connectivity index (χ4v) is 3.20. The molecular formula is C15H14N2O2S. The highest BCUT2D eigenvalue weighted by Gasteiger charge is 2.17. The molecule has 4 nitrogen and oxygen atoms in total. The molecule has 0 fully saturated rings. The number of aromatic hydroxyl groups is 1. The lowest BCUT2D eigenvalue weighted by atomic mass is 10.1. The summed E-state index contributed by atoms with van der Waals surface area (Å²) in [6.45, 7) is 3.74. The van der Waals surface area contributed by atoms with Gasteiger partial charge in [-0.25, -0.2) is 0 Å². The lowest BCUT2D eigenvalue weighted by Gasteiger charge is -2.06. The van der Waals surface area contributed by atoms with E-state index in [9.17, 15) is 9.90 Å². The van der Waals surface area contributed by atoms with E-state index in [2.05, 4.69) is 4.99 Å². The maximum Gasteiger partial charge on any atom is 0.310 e. The summed E-state index contributed by atoms with van der Waals surface area (Å²) in [5, 5.41) is 10.2. The zero-order valence-electron chi connectivity index (χ0n) is 11.2. The summed E-state index contributed by atoms with van der Waals surface area (Å²) in [6, 6.07) is 7.74. The van der Waals surface area contributed by atoms with Crippen molar-refractivity contribution in [2.24, 2.45) is 4.99 Å². The standard InChI is InChI=1S/C15H14N2O2S/c1-9(2)17-14(18)13(20-15(17)19)7-10-8-16-12-6-4-3-5-11(10)12/h3-9,18H,1-2H3/b10-7-. The Labute approximate surface area is 120 Å². The minimum atomic E-state index is -0.146. The molecule has 102 valence electrons. The third-order valence-corrected chi connectivity index (χ3v) is 4.09. The zero-order valence-corrected chi connectivity index (χ0v) is 12.0. The highest BCUT2D eigenvalue weighted by molar-refractivity contribution is 7.10. The fourth-order valence-electron chi connectivity index (χ4n) is 2.24. The van der Waals surface area contributed by atoms with Crippen molar-refractivity contribution in [3.8, 4) is 5.88 Å². The first-order valence-electron chi connectivity index (χ1n) is 6.37. The third kappa shape index (κ3) is 2.00. The molecule has 5 heteroatoms. The van der Waals surface area contributed by atoms with Crippen LogP contribution in [0.3, 0.4) is 0 Å². The van der Waals surface area contributed by atoms with E-state index in [1.54, 1.807) is 6.21 Å². The molecule has 0 saturated carbocycles. The highest BCUT2D eigenvalue weighted by atomic mass is 32.1. The predicted octanol–water partition coefficient (Wildman–Crippen LogP) is 3.45. The molecule has 20 heavy (non-hydrogen) atoms. The number of aliphatic imine (C=N–C) groups is 1. The van der Waals surface area contributed by atoms with Gasteiger partial charge >= 0.3 is 4.87 Å². The van der Waals surface area contributed by atoms with Gasteiger partial charge in [0.05, 0.1) is 10.6 Å². The number of allylic oxidation sites excluding steroid dienone is 1. The predicted molar refractivity (Wildman–Crippen MR) is 83.1 cm³/mol. The van der Waals surface area contributed by atoms with E-state index >= 15 is 0 Å². The van der Waals surface area contributed by atoms with Crippen LogP contribution in [0.25, 0.3) is 11.6 Å². The van der Waals surface area contributed by atoms with E-state index in [0.717, 1.165) is 28.2 Å². The number of rotatable bonds is 2. The maximum absolute atomic E-state index is 11.9. The van der Waals surface area contributed by atoms with Gasteiger partial charge in [0.2, 0.25) is 5.88 Å². The molecule has 0 bridgehead atoms. The van der Waals surface area contributed by atoms with Crippen LogP contribution < -0.4 is 4.87 Å². The Kier molecular flexibility index (Phi) is 3.06. The maximum atomic E-state index is 11.9. The Morgan fingerprint density at radius 2 is 2.10 bits per heavy atom. The minimum Gasteiger partial charge on any atom is -0.493 e. The van der Waals surface area contributed by atoms with E-state index < -0.39 is 0 Å². The van der Waals surface area contributed by atoms with E-state index in [4.69, 9.17) is 0 Å². The number of hydrogen-bond acceptors (Lipinski definition) is 4. The van der Waals surface area contributed by atoms with Crippen molar-refractivity contribution in [3.05, 3.63) is 44.4 Å². The van der Waals surface area contributed by atoms with Crippen LogP contribution in [-0.4, -0.2) is 15.9 Å². The molecule has 1 N–H and O–H groups in total. The lowest BCUT2D eigenvalue weighted by Crippen LogP contribution is -2.14. The van der Waals surface area contributed by atoms with Crippen molar-refractivity contribution in [2.45, 2.75) is 19.9 Å². The van der Waals surface area contributed by atoms with Crippen LogP contribution in [0, 0.1) is 0 Å². The van der Waals surface area contributed by atoms with Crippen LogP contribution >= 0.6 is 11.3 Å². The Hall–Kier alpha value is -2.14. The van der Waals surface area contributed by atoms with E-state index in [-0.39, 0.29) is 16.8 Å². The van der Waals surface area contributed by atoms with Crippen LogP contribution in [0.15, 0.2) is 34.1 Å². The van der Waals surface area contributed by atoms with Crippen molar-refractivity contribution in [3.63, 3.8) is 0 Å². The molecule has 3 rings (SSSR count). The molecule has 0 atom stereocenters. The van der Waals surface area contributed by atoms with Gasteiger partial charge in [-0.1, -0.05) is 29.5 Å². The molecule has 2 aromatic rings. The van der Waals surface area contributed by atoms with Gasteiger partial charge in [0.25, 0.3) is 0 Å². The van der Waals surface area contributed by atoms with E-state index in [1.165, 1.54) is 4.57 Å². The van der Waals surface area contributed by atoms with Crippen LogP contribution in [0.4, 0.5) is 5.69 Å². The minimum absolute atomic E-state index is 0.0280. The average molecular weight is 286 g/mol. The number of benzene rings is 1. The van der Waals surface area contributed by atoms with Crippen LogP contribution in [0.2, 0.25) is 0 Å². The Bertz CT molecular complexity index is 781. The smallest absolute Gasteiger partial charge is 0.310 e. The number of aromatic nitrogens is 1. The molecule has 0 spiro atoms. The quantitative estimate of drug-likeness (QED) is 0.919. The van der Waals surface area contributed by atoms with Gasteiger partial charge in [0, 0.05) is 23.4 Å². The van der Waals surface area contributed by atoms with Crippen molar-refractivity contribution in [1.29, 1.82) is 0 Å². The van der Waals surface area contributed by atoms with Crippen molar-refractivity contribution in [2.75, 3.05) is 0 Å². The largest absolute Gasteiger partial charge is 0.493 e. The van der Waals surface area contributed by atoms with Gasteiger partial charge in [0.1, 0.15) is 0 Å². The molecule has 0 amide bonds. The number of nitrogens with zero attached hydrogens (tertiary/aromatic N) is 2. The molecule has 1 aromatic heterocycles. The summed E-state index contributed by atoms with van der Waals surface area (Å²) in [7, 11) is 0. The third-order valence-electron chi connectivity index (χ3n) is 3.20. The van der Waals surface area contributed by atoms with Gasteiger partial charge in [-0.15, -0.1) is 0 Å². The van der Waals surface area contributed by atoms with Gasteiger partial charge in [-0.3, -0.25) is 14.4 Å². The second kappa shape index (κ2) is 4.76. The van der Waals surface area contributed by atoms with Gasteiger partial charge in [-0.05, 0) is 26.0 Å². The summed E-state index contributed by atoms with van der Waals surface area (Å²) >= 11 is 1.05. The van der Waals surface area contributed by atoms with Crippen molar-refractivity contribution >= 4 is 34.9 Å². The lowest BCUT2D eigenvalue weighted by molar-refractivity contribution is 0.395. The number of para-hydroxylation sites is 1. The second-order valence-corrected chi connectivity index (χ2v) is 5.89. The summed E-state index contributed by atoms with van der Waals surface area (Å²) in [4.78, 5) is 16.6. The normalized spacial score (nSPS) is 15.2. The molecule has 1 aliphatic heterocycles. The van der Waals surface area contributed by atoms with Crippen LogP contribution in [0.5, 0.6) is 5.88 Å². The first-order chi connectivity index (χ1) is 9.58. The number of fused-ring (bicyclic) bond motifs is 1. The van der Waals surface area contributed by atoms with Crippen molar-refractivity contribution < 1.29 is 5.11 Å². The SMILES string of the molecule is CC(C)n1c(O)c(/C=C2/C=Nc3ccccc32)sc1=O. The molecule has 1 aromatic carbocycles. The molecule has 0 radical (unpaired) electrons. The number of hydrogen-bond donors (Lipinski definition) is 1. The summed E-state index contributed by atoms with van der Waals surface area (Å²) in [5.41, 5.74) is 2.84. The first kappa shape index (κ1) is 12.9. The zero-order chi connectivity index (χ0) is 14.3. The first-order valence-corrected chi connectivity index (χ1v) is 7.19. The molecule has 2 heterocycles. The average Bonchev–Trinajstić information content (AvgIpc) is 2.93. The molecule has 0 unspecified atom stereocenters. The Balaban J connectivity index is 2.10. The van der Waals surface area contributed by atoms with Gasteiger partial charge in [-0.2, -0.15) is 0 Å². The molecule has 1 aliphatic rings. The van der Waals surface area contributed by atoms with Crippen molar-refractivity contribution in [1.82, 2.24) is 4.57 Å². The molecular weight excluding hydrogens is 272 g/mol. The Morgan fingerprint density at radius 1 is 1.35 bits per heavy atom. The monoisotopic (exact) mass is 286 g/mol.